The van der Waals surface area contributed by atoms with Gasteiger partial charge in [0.15, 0.2) is 0 Å². The minimum absolute atomic E-state index is 0.0148. The summed E-state index contributed by atoms with van der Waals surface area (Å²) in [5.74, 6) is -0.0148. The molecule has 1 atom stereocenters. The maximum atomic E-state index is 12.0. The molecule has 0 aliphatic rings. The number of aryl methyl sites for hydroxylation is 1. The number of carbonyl (C=O) groups is 1. The minimum Gasteiger partial charge on any atom is -0.352 e. The molecule has 1 rings (SSSR count). The highest BCUT2D eigenvalue weighted by atomic mass is 32.2. The Hall–Kier alpha value is -1.00. The topological polar surface area (TPSA) is 55.1 Å². The number of hydrogen-bond acceptors (Lipinski definition) is 3. The van der Waals surface area contributed by atoms with E-state index in [0.29, 0.717) is 6.54 Å². The molecule has 0 radical (unpaired) electrons. The van der Waals surface area contributed by atoms with Crippen LogP contribution in [0.1, 0.15) is 29.3 Å². The zero-order valence-electron chi connectivity index (χ0n) is 10.6. The van der Waals surface area contributed by atoms with E-state index in [2.05, 4.69) is 5.32 Å². The van der Waals surface area contributed by atoms with E-state index < -0.39 is 0 Å². The first kappa shape index (κ1) is 14.1. The Labute approximate surface area is 107 Å². The molecule has 0 aliphatic heterocycles. The second-order valence-corrected chi connectivity index (χ2v) is 5.08. The van der Waals surface area contributed by atoms with Crippen LogP contribution in [0.15, 0.2) is 23.1 Å². The molecule has 3 nitrogen and oxygen atoms in total. The van der Waals surface area contributed by atoms with Crippen molar-refractivity contribution in [2.24, 2.45) is 5.73 Å². The van der Waals surface area contributed by atoms with Crippen molar-refractivity contribution in [1.29, 1.82) is 0 Å². The zero-order valence-corrected chi connectivity index (χ0v) is 11.4. The number of nitrogens with two attached hydrogens (primary N) is 1. The van der Waals surface area contributed by atoms with E-state index in [9.17, 15) is 4.79 Å². The van der Waals surface area contributed by atoms with Crippen LogP contribution in [0.3, 0.4) is 0 Å². The van der Waals surface area contributed by atoms with Crippen molar-refractivity contribution in [3.05, 3.63) is 29.3 Å². The first-order valence-electron chi connectivity index (χ1n) is 5.73. The number of rotatable bonds is 5. The summed E-state index contributed by atoms with van der Waals surface area (Å²) in [6.07, 6.45) is 2.80. The van der Waals surface area contributed by atoms with Crippen LogP contribution < -0.4 is 11.1 Å². The molecule has 0 aliphatic carbocycles. The summed E-state index contributed by atoms with van der Waals surface area (Å²) < 4.78 is 0. The highest BCUT2D eigenvalue weighted by molar-refractivity contribution is 7.98. The molecule has 0 bridgehead atoms. The average molecular weight is 252 g/mol. The van der Waals surface area contributed by atoms with E-state index in [1.807, 2.05) is 38.3 Å². The summed E-state index contributed by atoms with van der Waals surface area (Å²) in [4.78, 5) is 13.1. The zero-order chi connectivity index (χ0) is 12.8. The van der Waals surface area contributed by atoms with E-state index >= 15 is 0 Å². The Kier molecular flexibility index (Phi) is 5.51. The van der Waals surface area contributed by atoms with Crippen molar-refractivity contribution in [1.82, 2.24) is 5.32 Å². The number of carbonyl (C=O) groups excluding carboxylic acids is 1. The summed E-state index contributed by atoms with van der Waals surface area (Å²) in [6, 6.07) is 6.06. The quantitative estimate of drug-likeness (QED) is 0.790. The summed E-state index contributed by atoms with van der Waals surface area (Å²) in [6.45, 7) is 4.51. The van der Waals surface area contributed by atoms with Gasteiger partial charge in [0.1, 0.15) is 0 Å². The predicted octanol–water partition coefficient (Wildman–Crippen LogP) is 2.18. The molecular formula is C13H20N2OS. The fraction of sp³-hybridized carbons (Fsp3) is 0.462. The van der Waals surface area contributed by atoms with Crippen molar-refractivity contribution >= 4 is 17.7 Å². The van der Waals surface area contributed by atoms with E-state index in [-0.39, 0.29) is 11.9 Å². The molecule has 0 spiro atoms. The van der Waals surface area contributed by atoms with E-state index in [1.54, 1.807) is 11.8 Å². The molecule has 1 aromatic carbocycles. The first-order chi connectivity index (χ1) is 8.04. The summed E-state index contributed by atoms with van der Waals surface area (Å²) in [5, 5.41) is 2.89. The van der Waals surface area contributed by atoms with Gasteiger partial charge in [-0.2, -0.15) is 0 Å². The highest BCUT2D eigenvalue weighted by Crippen LogP contribution is 2.18. The first-order valence-corrected chi connectivity index (χ1v) is 6.95. The van der Waals surface area contributed by atoms with Gasteiger partial charge in [-0.3, -0.25) is 4.79 Å². The van der Waals surface area contributed by atoms with Crippen molar-refractivity contribution in [3.8, 4) is 0 Å². The average Bonchev–Trinajstić information content (AvgIpc) is 2.29. The summed E-state index contributed by atoms with van der Waals surface area (Å²) in [7, 11) is 0. The van der Waals surface area contributed by atoms with Crippen LogP contribution in [0.25, 0.3) is 0 Å². The SMILES string of the molecule is CSc1ccc(C)c(C(=O)NCCC(C)N)c1. The lowest BCUT2D eigenvalue weighted by molar-refractivity contribution is 0.0952. The maximum Gasteiger partial charge on any atom is 0.251 e. The van der Waals surface area contributed by atoms with Crippen molar-refractivity contribution < 1.29 is 4.79 Å². The standard InChI is InChI=1S/C13H20N2OS/c1-9-4-5-11(17-3)8-12(9)13(16)15-7-6-10(2)14/h4-5,8,10H,6-7,14H2,1-3H3,(H,15,16). The Bertz CT molecular complexity index is 391. The van der Waals surface area contributed by atoms with Crippen LogP contribution in [0.2, 0.25) is 0 Å². The molecule has 3 N–H and O–H groups in total. The Morgan fingerprint density at radius 3 is 2.82 bits per heavy atom. The molecule has 4 heteroatoms. The van der Waals surface area contributed by atoms with E-state index in [0.717, 1.165) is 22.4 Å². The lowest BCUT2D eigenvalue weighted by Crippen LogP contribution is -2.29. The van der Waals surface area contributed by atoms with Gasteiger partial charge in [0, 0.05) is 23.0 Å². The molecule has 0 heterocycles. The number of hydrogen-bond donors (Lipinski definition) is 2. The third-order valence-electron chi connectivity index (χ3n) is 2.57. The second-order valence-electron chi connectivity index (χ2n) is 4.20. The molecule has 1 amide bonds. The van der Waals surface area contributed by atoms with Gasteiger partial charge in [0.05, 0.1) is 0 Å². The number of nitrogens with one attached hydrogen (secondary N) is 1. The van der Waals surface area contributed by atoms with Gasteiger partial charge in [-0.05, 0) is 44.2 Å². The van der Waals surface area contributed by atoms with Crippen LogP contribution in [-0.4, -0.2) is 24.7 Å². The maximum absolute atomic E-state index is 12.0. The van der Waals surface area contributed by atoms with Gasteiger partial charge in [0.25, 0.3) is 5.91 Å². The van der Waals surface area contributed by atoms with Crippen LogP contribution >= 0.6 is 11.8 Å². The molecule has 1 aromatic rings. The van der Waals surface area contributed by atoms with Crippen molar-refractivity contribution in [2.45, 2.75) is 31.2 Å². The molecule has 0 fully saturated rings. The predicted molar refractivity (Wildman–Crippen MR) is 73.6 cm³/mol. The fourth-order valence-electron chi connectivity index (χ4n) is 1.48. The van der Waals surface area contributed by atoms with Crippen LogP contribution in [-0.2, 0) is 0 Å². The Morgan fingerprint density at radius 2 is 2.24 bits per heavy atom. The van der Waals surface area contributed by atoms with Gasteiger partial charge in [0.2, 0.25) is 0 Å². The molecule has 0 saturated carbocycles. The third-order valence-corrected chi connectivity index (χ3v) is 3.30. The van der Waals surface area contributed by atoms with Gasteiger partial charge in [-0.1, -0.05) is 6.07 Å². The molecular weight excluding hydrogens is 232 g/mol. The fourth-order valence-corrected chi connectivity index (χ4v) is 1.92. The molecule has 17 heavy (non-hydrogen) atoms. The van der Waals surface area contributed by atoms with Crippen LogP contribution in [0.4, 0.5) is 0 Å². The number of benzene rings is 1. The minimum atomic E-state index is -0.0148. The third kappa shape index (κ3) is 4.40. The van der Waals surface area contributed by atoms with E-state index in [1.165, 1.54) is 0 Å². The smallest absolute Gasteiger partial charge is 0.251 e. The number of amides is 1. The lowest BCUT2D eigenvalue weighted by atomic mass is 10.1. The van der Waals surface area contributed by atoms with Gasteiger partial charge < -0.3 is 11.1 Å². The molecule has 1 unspecified atom stereocenters. The Balaban J connectivity index is 2.67. The molecule has 94 valence electrons. The van der Waals surface area contributed by atoms with Gasteiger partial charge >= 0.3 is 0 Å². The molecule has 0 saturated heterocycles. The van der Waals surface area contributed by atoms with Crippen molar-refractivity contribution in [3.63, 3.8) is 0 Å². The van der Waals surface area contributed by atoms with Crippen molar-refractivity contribution in [2.75, 3.05) is 12.8 Å². The van der Waals surface area contributed by atoms with Gasteiger partial charge in [-0.15, -0.1) is 11.8 Å². The normalized spacial score (nSPS) is 12.2. The number of thioether (sulfide) groups is 1. The molecule has 0 aromatic heterocycles. The van der Waals surface area contributed by atoms with Crippen LogP contribution in [0, 0.1) is 6.92 Å². The largest absolute Gasteiger partial charge is 0.352 e. The monoisotopic (exact) mass is 252 g/mol. The van der Waals surface area contributed by atoms with E-state index in [4.69, 9.17) is 5.73 Å². The summed E-state index contributed by atoms with van der Waals surface area (Å²) in [5.41, 5.74) is 7.39. The lowest BCUT2D eigenvalue weighted by Gasteiger charge is -2.10. The highest BCUT2D eigenvalue weighted by Gasteiger charge is 2.09. The second kappa shape index (κ2) is 6.67. The van der Waals surface area contributed by atoms with Crippen LogP contribution in [0.5, 0.6) is 0 Å². The summed E-state index contributed by atoms with van der Waals surface area (Å²) >= 11 is 1.64. The van der Waals surface area contributed by atoms with Gasteiger partial charge in [-0.25, -0.2) is 0 Å². The Morgan fingerprint density at radius 1 is 1.53 bits per heavy atom.